The molecule has 1 heterocycles. The normalized spacial score (nSPS) is 13.7. The smallest absolute Gasteiger partial charge is 0.251 e. The van der Waals surface area contributed by atoms with Crippen molar-refractivity contribution >= 4 is 28.9 Å². The highest BCUT2D eigenvalue weighted by molar-refractivity contribution is 6.32. The predicted molar refractivity (Wildman–Crippen MR) is 113 cm³/mol. The molecule has 1 aliphatic rings. The van der Waals surface area contributed by atoms with E-state index in [4.69, 9.17) is 16.3 Å². The second-order valence-corrected chi connectivity index (χ2v) is 7.13. The minimum absolute atomic E-state index is 0.0934. The largest absolute Gasteiger partial charge is 0.495 e. The van der Waals surface area contributed by atoms with Crippen LogP contribution in [-0.2, 0) is 11.2 Å². The summed E-state index contributed by atoms with van der Waals surface area (Å²) in [6.45, 7) is 0.801. The number of amides is 1. The molecule has 1 amide bonds. The molecule has 3 aromatic rings. The molecule has 1 N–H and O–H groups in total. The number of nitrogens with zero attached hydrogens (tertiary/aromatic N) is 1. The van der Waals surface area contributed by atoms with Crippen LogP contribution in [0.15, 0.2) is 72.8 Å². The van der Waals surface area contributed by atoms with Crippen LogP contribution in [-0.4, -0.2) is 19.6 Å². The zero-order chi connectivity index (χ0) is 19.5. The van der Waals surface area contributed by atoms with E-state index in [-0.39, 0.29) is 5.91 Å². The lowest BCUT2D eigenvalue weighted by Gasteiger charge is -2.30. The third kappa shape index (κ3) is 3.56. The third-order valence-electron chi connectivity index (χ3n) is 5.02. The SMILES string of the molecule is COc1ccc(NC(=O)[C@H](c2ccccc2)N2CCc3ccccc32)cc1Cl. The summed E-state index contributed by atoms with van der Waals surface area (Å²) in [7, 11) is 1.57. The molecule has 0 saturated carbocycles. The first kappa shape index (κ1) is 18.4. The van der Waals surface area contributed by atoms with Gasteiger partial charge in [-0.2, -0.15) is 0 Å². The Morgan fingerprint density at radius 2 is 1.82 bits per heavy atom. The van der Waals surface area contributed by atoms with Crippen molar-refractivity contribution in [2.75, 3.05) is 23.9 Å². The molecule has 0 aliphatic carbocycles. The van der Waals surface area contributed by atoms with E-state index in [1.807, 2.05) is 42.5 Å². The van der Waals surface area contributed by atoms with Crippen LogP contribution in [0.1, 0.15) is 17.2 Å². The Balaban J connectivity index is 1.67. The number of para-hydroxylation sites is 1. The molecule has 1 aliphatic heterocycles. The van der Waals surface area contributed by atoms with Crippen molar-refractivity contribution in [2.24, 2.45) is 0 Å². The van der Waals surface area contributed by atoms with Crippen LogP contribution in [0.3, 0.4) is 0 Å². The standard InChI is InChI=1S/C23H21ClN2O2/c1-28-21-12-11-18(15-19(21)24)25-23(27)22(17-8-3-2-4-9-17)26-14-13-16-7-5-6-10-20(16)26/h2-12,15,22H,13-14H2,1H3,(H,25,27)/t22-/m0/s1. The molecular formula is C23H21ClN2O2. The lowest BCUT2D eigenvalue weighted by molar-refractivity contribution is -0.117. The maximum absolute atomic E-state index is 13.3. The first-order valence-electron chi connectivity index (χ1n) is 9.21. The first-order chi connectivity index (χ1) is 13.7. The lowest BCUT2D eigenvalue weighted by atomic mass is 10.0. The van der Waals surface area contributed by atoms with Gasteiger partial charge in [-0.25, -0.2) is 0 Å². The summed E-state index contributed by atoms with van der Waals surface area (Å²) < 4.78 is 5.19. The van der Waals surface area contributed by atoms with Crippen molar-refractivity contribution in [1.29, 1.82) is 0 Å². The van der Waals surface area contributed by atoms with Gasteiger partial charge in [0.15, 0.2) is 0 Å². The van der Waals surface area contributed by atoms with Crippen LogP contribution in [0.5, 0.6) is 5.75 Å². The average molecular weight is 393 g/mol. The number of hydrogen-bond donors (Lipinski definition) is 1. The summed E-state index contributed by atoms with van der Waals surface area (Å²) in [5.41, 5.74) is 3.98. The molecule has 5 heteroatoms. The molecule has 28 heavy (non-hydrogen) atoms. The maximum Gasteiger partial charge on any atom is 0.251 e. The number of carbonyl (C=O) groups excluding carboxylic acids is 1. The molecule has 0 bridgehead atoms. The molecule has 4 rings (SSSR count). The Labute approximate surface area is 169 Å². The molecule has 0 spiro atoms. The van der Waals surface area contributed by atoms with Gasteiger partial charge in [0, 0.05) is 17.9 Å². The van der Waals surface area contributed by atoms with Crippen molar-refractivity contribution in [2.45, 2.75) is 12.5 Å². The minimum atomic E-state index is -0.425. The Bertz CT molecular complexity index is 991. The number of hydrogen-bond acceptors (Lipinski definition) is 3. The minimum Gasteiger partial charge on any atom is -0.495 e. The van der Waals surface area contributed by atoms with E-state index in [9.17, 15) is 4.79 Å². The van der Waals surface area contributed by atoms with E-state index in [0.29, 0.717) is 16.5 Å². The second-order valence-electron chi connectivity index (χ2n) is 6.72. The van der Waals surface area contributed by atoms with Crippen LogP contribution < -0.4 is 15.0 Å². The summed E-state index contributed by atoms with van der Waals surface area (Å²) in [5, 5.41) is 3.48. The number of methoxy groups -OCH3 is 1. The fourth-order valence-electron chi connectivity index (χ4n) is 3.69. The zero-order valence-corrected chi connectivity index (χ0v) is 16.3. The van der Waals surface area contributed by atoms with Gasteiger partial charge in [0.1, 0.15) is 11.8 Å². The second kappa shape index (κ2) is 7.95. The third-order valence-corrected chi connectivity index (χ3v) is 5.31. The van der Waals surface area contributed by atoms with Crippen LogP contribution >= 0.6 is 11.6 Å². The summed E-state index contributed by atoms with van der Waals surface area (Å²) >= 11 is 6.22. The van der Waals surface area contributed by atoms with E-state index in [0.717, 1.165) is 24.2 Å². The number of anilines is 2. The van der Waals surface area contributed by atoms with Gasteiger partial charge >= 0.3 is 0 Å². The lowest BCUT2D eigenvalue weighted by Crippen LogP contribution is -2.36. The van der Waals surface area contributed by atoms with Gasteiger partial charge in [-0.3, -0.25) is 4.79 Å². The van der Waals surface area contributed by atoms with Crippen molar-refractivity contribution in [1.82, 2.24) is 0 Å². The monoisotopic (exact) mass is 392 g/mol. The van der Waals surface area contributed by atoms with E-state index in [1.54, 1.807) is 25.3 Å². The van der Waals surface area contributed by atoms with Crippen LogP contribution in [0.25, 0.3) is 0 Å². The number of nitrogens with one attached hydrogen (secondary N) is 1. The van der Waals surface area contributed by atoms with E-state index < -0.39 is 6.04 Å². The Kier molecular flexibility index (Phi) is 5.22. The van der Waals surface area contributed by atoms with Crippen LogP contribution in [0, 0.1) is 0 Å². The van der Waals surface area contributed by atoms with Crippen LogP contribution in [0.4, 0.5) is 11.4 Å². The van der Waals surface area contributed by atoms with Gasteiger partial charge in [0.05, 0.1) is 12.1 Å². The molecule has 0 fully saturated rings. The molecule has 0 radical (unpaired) electrons. The predicted octanol–water partition coefficient (Wildman–Crippen LogP) is 5.09. The average Bonchev–Trinajstić information content (AvgIpc) is 3.13. The molecule has 142 valence electrons. The van der Waals surface area contributed by atoms with Crippen molar-refractivity contribution in [3.05, 3.63) is 88.9 Å². The Morgan fingerprint density at radius 1 is 1.07 bits per heavy atom. The summed E-state index contributed by atoms with van der Waals surface area (Å²) in [4.78, 5) is 15.5. The van der Waals surface area contributed by atoms with Gasteiger partial charge in [-0.15, -0.1) is 0 Å². The number of fused-ring (bicyclic) bond motifs is 1. The van der Waals surface area contributed by atoms with Gasteiger partial charge in [-0.1, -0.05) is 60.1 Å². The summed E-state index contributed by atoms with van der Waals surface area (Å²) in [5.74, 6) is 0.483. The number of carbonyl (C=O) groups is 1. The highest BCUT2D eigenvalue weighted by Gasteiger charge is 2.32. The highest BCUT2D eigenvalue weighted by Crippen LogP contribution is 2.36. The molecule has 0 aromatic heterocycles. The van der Waals surface area contributed by atoms with Gasteiger partial charge in [0.2, 0.25) is 0 Å². The number of rotatable bonds is 5. The number of benzene rings is 3. The maximum atomic E-state index is 13.3. The van der Waals surface area contributed by atoms with Crippen molar-refractivity contribution in [3.63, 3.8) is 0 Å². The van der Waals surface area contributed by atoms with Crippen LogP contribution in [0.2, 0.25) is 5.02 Å². The van der Waals surface area contributed by atoms with E-state index >= 15 is 0 Å². The molecule has 3 aromatic carbocycles. The first-order valence-corrected chi connectivity index (χ1v) is 9.59. The fraction of sp³-hybridized carbons (Fsp3) is 0.174. The molecule has 1 atom stereocenters. The Morgan fingerprint density at radius 3 is 2.57 bits per heavy atom. The summed E-state index contributed by atoms with van der Waals surface area (Å²) in [6.07, 6.45) is 0.932. The van der Waals surface area contributed by atoms with Crippen molar-refractivity contribution < 1.29 is 9.53 Å². The quantitative estimate of drug-likeness (QED) is 0.657. The molecule has 4 nitrogen and oxygen atoms in total. The number of halogens is 1. The van der Waals surface area contributed by atoms with Gasteiger partial charge in [0.25, 0.3) is 5.91 Å². The van der Waals surface area contributed by atoms with Crippen molar-refractivity contribution in [3.8, 4) is 5.75 Å². The zero-order valence-electron chi connectivity index (χ0n) is 15.6. The summed E-state index contributed by atoms with van der Waals surface area (Å²) in [6, 6.07) is 22.9. The molecule has 0 saturated heterocycles. The fourth-order valence-corrected chi connectivity index (χ4v) is 3.95. The topological polar surface area (TPSA) is 41.6 Å². The number of ether oxygens (including phenoxy) is 1. The highest BCUT2D eigenvalue weighted by atomic mass is 35.5. The van der Waals surface area contributed by atoms with Gasteiger partial charge < -0.3 is 15.0 Å². The molecule has 0 unspecified atom stereocenters. The van der Waals surface area contributed by atoms with E-state index in [2.05, 4.69) is 22.3 Å². The Hall–Kier alpha value is -2.98. The van der Waals surface area contributed by atoms with E-state index in [1.165, 1.54) is 5.56 Å². The molecular weight excluding hydrogens is 372 g/mol. The van der Waals surface area contributed by atoms with Gasteiger partial charge in [-0.05, 0) is 41.8 Å².